The summed E-state index contributed by atoms with van der Waals surface area (Å²) in [6, 6.07) is 15.2. The SMILES string of the molecule is CN(C)C(Cn1c(NC#N)nc2ccc(Br)cc2c1=O)c1ccccc1. The molecule has 0 radical (unpaired) electrons. The molecule has 3 rings (SSSR count). The van der Waals surface area contributed by atoms with Gasteiger partial charge in [-0.05, 0) is 37.9 Å². The summed E-state index contributed by atoms with van der Waals surface area (Å²) in [7, 11) is 3.93. The molecule has 1 heterocycles. The van der Waals surface area contributed by atoms with Crippen LogP contribution in [0.25, 0.3) is 10.9 Å². The zero-order chi connectivity index (χ0) is 18.7. The van der Waals surface area contributed by atoms with Crippen molar-refractivity contribution < 1.29 is 0 Å². The molecule has 26 heavy (non-hydrogen) atoms. The van der Waals surface area contributed by atoms with E-state index in [9.17, 15) is 4.79 Å². The van der Waals surface area contributed by atoms with Crippen LogP contribution in [-0.4, -0.2) is 28.5 Å². The van der Waals surface area contributed by atoms with Gasteiger partial charge in [-0.15, -0.1) is 0 Å². The zero-order valence-corrected chi connectivity index (χ0v) is 16.1. The first-order valence-corrected chi connectivity index (χ1v) is 8.87. The first-order chi connectivity index (χ1) is 12.5. The number of likely N-dealkylation sites (N-methyl/N-ethyl adjacent to an activating group) is 1. The van der Waals surface area contributed by atoms with Gasteiger partial charge in [0.15, 0.2) is 6.19 Å². The first-order valence-electron chi connectivity index (χ1n) is 8.08. The summed E-state index contributed by atoms with van der Waals surface area (Å²) in [6.45, 7) is 0.370. The van der Waals surface area contributed by atoms with Crippen molar-refractivity contribution >= 4 is 32.8 Å². The van der Waals surface area contributed by atoms with Gasteiger partial charge in [0.25, 0.3) is 5.56 Å². The number of rotatable bonds is 5. The summed E-state index contributed by atoms with van der Waals surface area (Å²) < 4.78 is 2.33. The van der Waals surface area contributed by atoms with Crippen molar-refractivity contribution in [2.75, 3.05) is 19.4 Å². The first kappa shape index (κ1) is 18.1. The molecule has 1 unspecified atom stereocenters. The largest absolute Gasteiger partial charge is 0.301 e. The number of benzene rings is 2. The normalized spacial score (nSPS) is 12.1. The molecule has 7 heteroatoms. The number of fused-ring (bicyclic) bond motifs is 1. The molecule has 132 valence electrons. The van der Waals surface area contributed by atoms with Crippen LogP contribution in [0.5, 0.6) is 0 Å². The van der Waals surface area contributed by atoms with E-state index in [0.29, 0.717) is 17.4 Å². The maximum absolute atomic E-state index is 13.1. The minimum Gasteiger partial charge on any atom is -0.301 e. The van der Waals surface area contributed by atoms with Gasteiger partial charge in [-0.1, -0.05) is 46.3 Å². The number of aromatic nitrogens is 2. The van der Waals surface area contributed by atoms with Gasteiger partial charge in [0.2, 0.25) is 5.95 Å². The molecule has 2 aromatic carbocycles. The molecular formula is C19H18BrN5O. The molecule has 3 aromatic rings. The summed E-state index contributed by atoms with van der Waals surface area (Å²) in [5.74, 6) is 0.245. The Labute approximate surface area is 159 Å². The highest BCUT2D eigenvalue weighted by molar-refractivity contribution is 9.10. The second-order valence-electron chi connectivity index (χ2n) is 6.14. The van der Waals surface area contributed by atoms with Crippen LogP contribution in [-0.2, 0) is 6.54 Å². The van der Waals surface area contributed by atoms with Gasteiger partial charge in [-0.3, -0.25) is 14.7 Å². The average Bonchev–Trinajstić information content (AvgIpc) is 2.63. The molecule has 0 saturated carbocycles. The van der Waals surface area contributed by atoms with Crippen LogP contribution in [0, 0.1) is 11.5 Å². The number of hydrogen-bond acceptors (Lipinski definition) is 5. The summed E-state index contributed by atoms with van der Waals surface area (Å²) in [5, 5.41) is 12.1. The molecule has 0 aliphatic heterocycles. The second-order valence-corrected chi connectivity index (χ2v) is 7.06. The second kappa shape index (κ2) is 7.68. The Morgan fingerprint density at radius 3 is 2.65 bits per heavy atom. The van der Waals surface area contributed by atoms with Gasteiger partial charge >= 0.3 is 0 Å². The quantitative estimate of drug-likeness (QED) is 0.514. The number of halogens is 1. The summed E-state index contributed by atoms with van der Waals surface area (Å²) in [5.41, 5.74) is 1.45. The van der Waals surface area contributed by atoms with Crippen LogP contribution in [0.1, 0.15) is 11.6 Å². The monoisotopic (exact) mass is 411 g/mol. The lowest BCUT2D eigenvalue weighted by atomic mass is 10.1. The van der Waals surface area contributed by atoms with Crippen molar-refractivity contribution in [1.82, 2.24) is 14.5 Å². The van der Waals surface area contributed by atoms with Crippen LogP contribution >= 0.6 is 15.9 Å². The fourth-order valence-corrected chi connectivity index (χ4v) is 3.28. The maximum Gasteiger partial charge on any atom is 0.262 e. The van der Waals surface area contributed by atoms with Crippen molar-refractivity contribution in [3.05, 3.63) is 68.9 Å². The predicted octanol–water partition coefficient (Wildman–Crippen LogP) is 3.35. The smallest absolute Gasteiger partial charge is 0.262 e. The highest BCUT2D eigenvalue weighted by Crippen LogP contribution is 2.22. The third-order valence-electron chi connectivity index (χ3n) is 4.25. The highest BCUT2D eigenvalue weighted by atomic mass is 79.9. The molecule has 0 aliphatic carbocycles. The van der Waals surface area contributed by atoms with Gasteiger partial charge in [0.1, 0.15) is 0 Å². The van der Waals surface area contributed by atoms with Crippen LogP contribution in [0.15, 0.2) is 57.8 Å². The fourth-order valence-electron chi connectivity index (χ4n) is 2.92. The zero-order valence-electron chi connectivity index (χ0n) is 14.5. The predicted molar refractivity (Wildman–Crippen MR) is 106 cm³/mol. The van der Waals surface area contributed by atoms with E-state index in [1.165, 1.54) is 4.57 Å². The maximum atomic E-state index is 13.1. The summed E-state index contributed by atoms with van der Waals surface area (Å²) in [6.07, 6.45) is 1.87. The molecule has 0 spiro atoms. The Hall–Kier alpha value is -2.69. The van der Waals surface area contributed by atoms with Crippen LogP contribution in [0.2, 0.25) is 0 Å². The molecule has 1 aromatic heterocycles. The van der Waals surface area contributed by atoms with E-state index in [2.05, 4.69) is 26.2 Å². The minimum absolute atomic E-state index is 0.0421. The Balaban J connectivity index is 2.16. The van der Waals surface area contributed by atoms with Gasteiger partial charge in [0, 0.05) is 11.0 Å². The Morgan fingerprint density at radius 1 is 1.27 bits per heavy atom. The van der Waals surface area contributed by atoms with E-state index in [1.807, 2.05) is 61.6 Å². The standard InChI is InChI=1S/C19H18BrN5O/c1-24(2)17(13-6-4-3-5-7-13)11-25-18(26)15-10-14(20)8-9-16(15)23-19(25)22-12-21/h3-10,17H,11H2,1-2H3,(H,22,23). The van der Waals surface area contributed by atoms with Gasteiger partial charge in [-0.25, -0.2) is 4.98 Å². The lowest BCUT2D eigenvalue weighted by molar-refractivity contribution is 0.267. The van der Waals surface area contributed by atoms with E-state index in [1.54, 1.807) is 12.1 Å². The topological polar surface area (TPSA) is 73.9 Å². The van der Waals surface area contributed by atoms with Crippen LogP contribution in [0.3, 0.4) is 0 Å². The summed E-state index contributed by atoms with van der Waals surface area (Å²) in [4.78, 5) is 19.6. The van der Waals surface area contributed by atoms with E-state index in [4.69, 9.17) is 5.26 Å². The van der Waals surface area contributed by atoms with Crippen molar-refractivity contribution in [3.8, 4) is 6.19 Å². The fraction of sp³-hybridized carbons (Fsp3) is 0.211. The van der Waals surface area contributed by atoms with Crippen molar-refractivity contribution in [2.45, 2.75) is 12.6 Å². The number of anilines is 1. The Kier molecular flexibility index (Phi) is 5.35. The third kappa shape index (κ3) is 3.62. The molecule has 6 nitrogen and oxygen atoms in total. The molecular weight excluding hydrogens is 394 g/mol. The third-order valence-corrected chi connectivity index (χ3v) is 4.74. The van der Waals surface area contributed by atoms with Gasteiger partial charge < -0.3 is 4.90 Å². The number of nitriles is 1. The molecule has 0 fully saturated rings. The van der Waals surface area contributed by atoms with Crippen molar-refractivity contribution in [3.63, 3.8) is 0 Å². The van der Waals surface area contributed by atoms with Crippen LogP contribution < -0.4 is 10.9 Å². The lowest BCUT2D eigenvalue weighted by Crippen LogP contribution is -2.32. The summed E-state index contributed by atoms with van der Waals surface area (Å²) >= 11 is 3.40. The van der Waals surface area contributed by atoms with Crippen molar-refractivity contribution in [1.29, 1.82) is 5.26 Å². The molecule has 0 bridgehead atoms. The van der Waals surface area contributed by atoms with Crippen LogP contribution in [0.4, 0.5) is 5.95 Å². The molecule has 1 atom stereocenters. The number of nitrogens with zero attached hydrogens (tertiary/aromatic N) is 4. The van der Waals surface area contributed by atoms with Gasteiger partial charge in [-0.2, -0.15) is 5.26 Å². The van der Waals surface area contributed by atoms with E-state index in [0.717, 1.165) is 10.0 Å². The Morgan fingerprint density at radius 2 is 2.00 bits per heavy atom. The molecule has 0 aliphatic rings. The average molecular weight is 412 g/mol. The van der Waals surface area contributed by atoms with E-state index >= 15 is 0 Å². The number of hydrogen-bond donors (Lipinski definition) is 1. The molecule has 1 N–H and O–H groups in total. The van der Waals surface area contributed by atoms with E-state index < -0.39 is 0 Å². The van der Waals surface area contributed by atoms with Gasteiger partial charge in [0.05, 0.1) is 16.9 Å². The highest BCUT2D eigenvalue weighted by Gasteiger charge is 2.19. The Bertz CT molecular complexity index is 1020. The minimum atomic E-state index is -0.183. The molecule has 0 amide bonds. The van der Waals surface area contributed by atoms with Crippen molar-refractivity contribution in [2.24, 2.45) is 0 Å². The number of nitrogens with one attached hydrogen (secondary N) is 1. The molecule has 0 saturated heterocycles. The lowest BCUT2D eigenvalue weighted by Gasteiger charge is -2.26. The van der Waals surface area contributed by atoms with E-state index in [-0.39, 0.29) is 17.5 Å².